The normalized spacial score (nSPS) is 12.3. The summed E-state index contributed by atoms with van der Waals surface area (Å²) in [7, 11) is 1.68. The number of carbonyl (C=O) groups excluding carboxylic acids is 1. The van der Waals surface area contributed by atoms with Crippen molar-refractivity contribution in [3.63, 3.8) is 0 Å². The van der Waals surface area contributed by atoms with Crippen molar-refractivity contribution in [2.24, 2.45) is 0 Å². The highest BCUT2D eigenvalue weighted by Gasteiger charge is 2.15. The summed E-state index contributed by atoms with van der Waals surface area (Å²) in [5, 5.41) is 0.291. The van der Waals surface area contributed by atoms with E-state index in [1.807, 2.05) is 6.92 Å². The van der Waals surface area contributed by atoms with Gasteiger partial charge in [-0.05, 0) is 25.5 Å². The van der Waals surface area contributed by atoms with Gasteiger partial charge >= 0.3 is 0 Å². The van der Waals surface area contributed by atoms with Gasteiger partial charge in [-0.2, -0.15) is 0 Å². The first-order valence-electron chi connectivity index (χ1n) is 5.72. The van der Waals surface area contributed by atoms with Crippen LogP contribution in [0, 0.1) is 5.82 Å². The van der Waals surface area contributed by atoms with E-state index >= 15 is 0 Å². The molecular weight excluding hydrogens is 276 g/mol. The van der Waals surface area contributed by atoms with Crippen LogP contribution in [0.4, 0.5) is 4.39 Å². The van der Waals surface area contributed by atoms with E-state index in [1.165, 1.54) is 12.1 Å². The summed E-state index contributed by atoms with van der Waals surface area (Å²) >= 11 is 11.7. The summed E-state index contributed by atoms with van der Waals surface area (Å²) in [6, 6.07) is 4.40. The summed E-state index contributed by atoms with van der Waals surface area (Å²) < 4.78 is 13.5. The van der Waals surface area contributed by atoms with Crippen molar-refractivity contribution in [2.45, 2.75) is 25.1 Å². The van der Waals surface area contributed by atoms with Gasteiger partial charge in [0.15, 0.2) is 0 Å². The Hall–Kier alpha value is -0.800. The van der Waals surface area contributed by atoms with Crippen LogP contribution in [-0.4, -0.2) is 29.8 Å². The molecule has 0 aliphatic heterocycles. The second-order valence-corrected chi connectivity index (χ2v) is 5.41. The van der Waals surface area contributed by atoms with E-state index in [4.69, 9.17) is 23.2 Å². The van der Waals surface area contributed by atoms with Gasteiger partial charge in [0.2, 0.25) is 5.91 Å². The highest BCUT2D eigenvalue weighted by Crippen LogP contribution is 2.20. The summed E-state index contributed by atoms with van der Waals surface area (Å²) in [4.78, 5) is 13.4. The third kappa shape index (κ3) is 4.46. The standard InChI is InChI=1S/C13H16Cl2FNO/c1-9(14)6-7-17(2)13(18)8-10-11(15)4-3-5-12(10)16/h3-5,9H,6-8H2,1-2H3. The summed E-state index contributed by atoms with van der Waals surface area (Å²) in [5.41, 5.74) is 0.245. The van der Waals surface area contributed by atoms with Crippen molar-refractivity contribution in [1.82, 2.24) is 4.90 Å². The smallest absolute Gasteiger partial charge is 0.226 e. The van der Waals surface area contributed by atoms with Crippen LogP contribution < -0.4 is 0 Å². The molecule has 18 heavy (non-hydrogen) atoms. The average molecular weight is 292 g/mol. The van der Waals surface area contributed by atoms with E-state index in [1.54, 1.807) is 18.0 Å². The van der Waals surface area contributed by atoms with Crippen LogP contribution >= 0.6 is 23.2 Å². The Morgan fingerprint density at radius 3 is 2.72 bits per heavy atom. The van der Waals surface area contributed by atoms with Crippen molar-refractivity contribution >= 4 is 29.1 Å². The lowest BCUT2D eigenvalue weighted by Gasteiger charge is -2.18. The maximum atomic E-state index is 13.5. The van der Waals surface area contributed by atoms with Gasteiger partial charge in [0, 0.05) is 29.6 Å². The molecule has 0 aromatic heterocycles. The number of hydrogen-bond acceptors (Lipinski definition) is 1. The third-order valence-corrected chi connectivity index (χ3v) is 3.25. The van der Waals surface area contributed by atoms with Crippen LogP contribution in [0.25, 0.3) is 0 Å². The van der Waals surface area contributed by atoms with Crippen molar-refractivity contribution in [3.05, 3.63) is 34.6 Å². The Bertz CT molecular complexity index is 403. The van der Waals surface area contributed by atoms with Crippen LogP contribution in [0.1, 0.15) is 18.9 Å². The predicted octanol–water partition coefficient (Wildman–Crippen LogP) is 3.50. The first kappa shape index (κ1) is 15.3. The summed E-state index contributed by atoms with van der Waals surface area (Å²) in [5.74, 6) is -0.616. The Morgan fingerprint density at radius 2 is 2.17 bits per heavy atom. The van der Waals surface area contributed by atoms with E-state index in [2.05, 4.69) is 0 Å². The maximum Gasteiger partial charge on any atom is 0.226 e. The number of hydrogen-bond donors (Lipinski definition) is 0. The maximum absolute atomic E-state index is 13.5. The van der Waals surface area contributed by atoms with E-state index in [9.17, 15) is 9.18 Å². The Morgan fingerprint density at radius 1 is 1.50 bits per heavy atom. The number of alkyl halides is 1. The molecule has 100 valence electrons. The molecule has 0 fully saturated rings. The van der Waals surface area contributed by atoms with Crippen molar-refractivity contribution < 1.29 is 9.18 Å². The molecule has 0 saturated heterocycles. The molecule has 1 unspecified atom stereocenters. The highest BCUT2D eigenvalue weighted by molar-refractivity contribution is 6.31. The van der Waals surface area contributed by atoms with Gasteiger partial charge in [0.1, 0.15) is 5.82 Å². The van der Waals surface area contributed by atoms with Gasteiger partial charge in [-0.25, -0.2) is 4.39 Å². The molecule has 0 spiro atoms. The van der Waals surface area contributed by atoms with Gasteiger partial charge in [0.05, 0.1) is 6.42 Å². The zero-order valence-corrected chi connectivity index (χ0v) is 11.9. The Labute approximate surface area is 117 Å². The molecule has 0 aliphatic rings. The number of rotatable bonds is 5. The van der Waals surface area contributed by atoms with Gasteiger partial charge in [-0.15, -0.1) is 11.6 Å². The predicted molar refractivity (Wildman–Crippen MR) is 72.7 cm³/mol. The lowest BCUT2D eigenvalue weighted by molar-refractivity contribution is -0.129. The first-order valence-corrected chi connectivity index (χ1v) is 6.54. The molecule has 1 rings (SSSR count). The molecule has 0 heterocycles. The molecule has 1 atom stereocenters. The fourth-order valence-electron chi connectivity index (χ4n) is 1.48. The first-order chi connectivity index (χ1) is 8.41. The van der Waals surface area contributed by atoms with Crippen molar-refractivity contribution in [3.8, 4) is 0 Å². The monoisotopic (exact) mass is 291 g/mol. The molecule has 0 N–H and O–H groups in total. The Balaban J connectivity index is 2.64. The molecule has 0 aliphatic carbocycles. The highest BCUT2D eigenvalue weighted by atomic mass is 35.5. The second-order valence-electron chi connectivity index (χ2n) is 4.26. The number of amides is 1. The fraction of sp³-hybridized carbons (Fsp3) is 0.462. The SMILES string of the molecule is CC(Cl)CCN(C)C(=O)Cc1c(F)cccc1Cl. The van der Waals surface area contributed by atoms with Crippen LogP contribution in [0.3, 0.4) is 0 Å². The number of likely N-dealkylation sites (N-methyl/N-ethyl adjacent to an activating group) is 1. The van der Waals surface area contributed by atoms with E-state index in [0.29, 0.717) is 13.0 Å². The van der Waals surface area contributed by atoms with Crippen LogP contribution in [0.5, 0.6) is 0 Å². The lowest BCUT2D eigenvalue weighted by atomic mass is 10.1. The number of halogens is 3. The topological polar surface area (TPSA) is 20.3 Å². The molecule has 2 nitrogen and oxygen atoms in total. The summed E-state index contributed by atoms with van der Waals surface area (Å²) in [6.45, 7) is 2.42. The molecule has 1 aromatic rings. The zero-order chi connectivity index (χ0) is 13.7. The van der Waals surface area contributed by atoms with E-state index in [-0.39, 0.29) is 28.3 Å². The molecule has 0 saturated carbocycles. The lowest BCUT2D eigenvalue weighted by Crippen LogP contribution is -2.30. The molecule has 1 aromatic carbocycles. The number of carbonyl (C=O) groups is 1. The molecule has 1 amide bonds. The average Bonchev–Trinajstić information content (AvgIpc) is 2.30. The zero-order valence-electron chi connectivity index (χ0n) is 10.4. The van der Waals surface area contributed by atoms with Crippen molar-refractivity contribution in [2.75, 3.05) is 13.6 Å². The van der Waals surface area contributed by atoms with E-state index < -0.39 is 5.82 Å². The number of nitrogens with zero attached hydrogens (tertiary/aromatic N) is 1. The number of benzene rings is 1. The quantitative estimate of drug-likeness (QED) is 0.761. The summed E-state index contributed by atoms with van der Waals surface area (Å²) in [6.07, 6.45) is 0.674. The van der Waals surface area contributed by atoms with Crippen LogP contribution in [-0.2, 0) is 11.2 Å². The van der Waals surface area contributed by atoms with Gasteiger partial charge in [0.25, 0.3) is 0 Å². The van der Waals surface area contributed by atoms with E-state index in [0.717, 1.165) is 0 Å². The van der Waals surface area contributed by atoms with Crippen LogP contribution in [0.2, 0.25) is 5.02 Å². The minimum Gasteiger partial charge on any atom is -0.345 e. The largest absolute Gasteiger partial charge is 0.345 e. The molecule has 5 heteroatoms. The van der Waals surface area contributed by atoms with Gasteiger partial charge in [-0.3, -0.25) is 4.79 Å². The minimum atomic E-state index is -0.449. The van der Waals surface area contributed by atoms with Crippen molar-refractivity contribution in [1.29, 1.82) is 0 Å². The third-order valence-electron chi connectivity index (χ3n) is 2.68. The molecular formula is C13H16Cl2FNO. The minimum absolute atomic E-state index is 0.0114. The second kappa shape index (κ2) is 6.95. The fourth-order valence-corrected chi connectivity index (χ4v) is 1.81. The molecule has 0 radical (unpaired) electrons. The Kier molecular flexibility index (Phi) is 5.89. The van der Waals surface area contributed by atoms with Gasteiger partial charge < -0.3 is 4.90 Å². The molecule has 0 bridgehead atoms. The van der Waals surface area contributed by atoms with Gasteiger partial charge in [-0.1, -0.05) is 17.7 Å². The van der Waals surface area contributed by atoms with Crippen LogP contribution in [0.15, 0.2) is 18.2 Å².